The molecule has 0 saturated heterocycles. The van der Waals surface area contributed by atoms with Crippen LogP contribution in [-0.4, -0.2) is 68.5 Å². The first-order valence-corrected chi connectivity index (χ1v) is 24.1. The first-order valence-electron chi connectivity index (χ1n) is 22.7. The number of rotatable bonds is 41. The molecule has 8 nitrogen and oxygen atoms in total. The molecule has 0 spiro atoms. The Morgan fingerprint density at radius 2 is 1.02 bits per heavy atom. The van der Waals surface area contributed by atoms with Crippen LogP contribution in [0.15, 0.2) is 24.3 Å². The highest BCUT2D eigenvalue weighted by molar-refractivity contribution is 7.45. The summed E-state index contributed by atoms with van der Waals surface area (Å²) in [5.74, 6) is -0.177. The summed E-state index contributed by atoms with van der Waals surface area (Å²) >= 11 is 0. The van der Waals surface area contributed by atoms with Crippen molar-refractivity contribution >= 4 is 13.7 Å². The van der Waals surface area contributed by atoms with Crippen molar-refractivity contribution < 1.29 is 32.9 Å². The van der Waals surface area contributed by atoms with Crippen LogP contribution in [0.3, 0.4) is 0 Å². The normalized spacial score (nSPS) is 14.6. The number of phosphoric ester groups is 1. The van der Waals surface area contributed by atoms with Gasteiger partial charge < -0.3 is 28.8 Å². The molecule has 0 aliphatic heterocycles. The molecule has 320 valence electrons. The van der Waals surface area contributed by atoms with Gasteiger partial charge in [0.25, 0.3) is 7.82 Å². The van der Waals surface area contributed by atoms with Crippen LogP contribution in [0.5, 0.6) is 0 Å². The van der Waals surface area contributed by atoms with Gasteiger partial charge in [0, 0.05) is 6.42 Å². The van der Waals surface area contributed by atoms with Gasteiger partial charge in [-0.2, -0.15) is 0 Å². The summed E-state index contributed by atoms with van der Waals surface area (Å²) in [6, 6.07) is -0.812. The number of nitrogens with zero attached hydrogens (tertiary/aromatic N) is 1. The molecule has 0 aromatic rings. The first-order chi connectivity index (χ1) is 26.0. The number of quaternary nitrogens is 1. The molecule has 1 amide bonds. The number of allylic oxidation sites excluding steroid dienone is 4. The van der Waals surface area contributed by atoms with Crippen LogP contribution >= 0.6 is 7.82 Å². The van der Waals surface area contributed by atoms with Crippen molar-refractivity contribution in [2.24, 2.45) is 0 Å². The number of amides is 1. The smallest absolute Gasteiger partial charge is 0.268 e. The minimum Gasteiger partial charge on any atom is -0.756 e. The molecular weight excluding hydrogens is 695 g/mol. The third-order valence-electron chi connectivity index (χ3n) is 10.2. The largest absolute Gasteiger partial charge is 0.756 e. The van der Waals surface area contributed by atoms with Crippen LogP contribution in [0.25, 0.3) is 0 Å². The number of hydrogen-bond acceptors (Lipinski definition) is 6. The van der Waals surface area contributed by atoms with Crippen LogP contribution in [-0.2, 0) is 18.4 Å². The van der Waals surface area contributed by atoms with Crippen molar-refractivity contribution in [1.82, 2.24) is 5.32 Å². The van der Waals surface area contributed by atoms with Gasteiger partial charge in [0.05, 0.1) is 39.9 Å². The number of phosphoric acid groups is 1. The zero-order valence-electron chi connectivity index (χ0n) is 36.2. The second-order valence-electron chi connectivity index (χ2n) is 16.7. The van der Waals surface area contributed by atoms with E-state index in [9.17, 15) is 19.4 Å². The fourth-order valence-corrected chi connectivity index (χ4v) is 7.22. The van der Waals surface area contributed by atoms with Crippen molar-refractivity contribution in [2.45, 2.75) is 219 Å². The van der Waals surface area contributed by atoms with E-state index in [1.54, 1.807) is 0 Å². The summed E-state index contributed by atoms with van der Waals surface area (Å²) in [5.41, 5.74) is 0. The van der Waals surface area contributed by atoms with E-state index >= 15 is 0 Å². The standard InChI is InChI=1S/C45H89N2O6P/c1-6-8-10-12-14-16-17-18-19-20-21-22-23-24-25-26-27-28-29-31-33-35-37-39-45(49)46-43(42-53-54(50,51)52-41-40-47(3,4)5)44(48)38-36-34-32-30-15-13-11-9-7-2/h15,18-19,30,43-44,48H,6-14,16-17,20-29,31-42H2,1-5H3,(H-,46,49,50,51)/b19-18+,30-15+/t43-,44+/m0/s1. The topological polar surface area (TPSA) is 108 Å². The maximum absolute atomic E-state index is 12.8. The predicted octanol–water partition coefficient (Wildman–Crippen LogP) is 11.9. The lowest BCUT2D eigenvalue weighted by molar-refractivity contribution is -0.870. The molecule has 0 heterocycles. The molecular formula is C45H89N2O6P. The number of likely N-dealkylation sites (N-methyl/N-ethyl adjacent to an activating group) is 1. The van der Waals surface area contributed by atoms with Crippen molar-refractivity contribution in [1.29, 1.82) is 0 Å². The highest BCUT2D eigenvalue weighted by atomic mass is 31.2. The quantitative estimate of drug-likeness (QED) is 0.0277. The number of aliphatic hydroxyl groups excluding tert-OH is 1. The van der Waals surface area contributed by atoms with E-state index < -0.39 is 20.0 Å². The van der Waals surface area contributed by atoms with E-state index in [0.29, 0.717) is 23.9 Å². The zero-order valence-corrected chi connectivity index (χ0v) is 37.1. The molecule has 2 N–H and O–H groups in total. The van der Waals surface area contributed by atoms with Gasteiger partial charge in [-0.3, -0.25) is 9.36 Å². The molecule has 54 heavy (non-hydrogen) atoms. The Labute approximate surface area is 334 Å². The van der Waals surface area contributed by atoms with Crippen molar-refractivity contribution in [3.05, 3.63) is 24.3 Å². The Kier molecular flexibility index (Phi) is 36.8. The van der Waals surface area contributed by atoms with Gasteiger partial charge in [-0.25, -0.2) is 0 Å². The van der Waals surface area contributed by atoms with E-state index in [0.717, 1.165) is 44.9 Å². The molecule has 0 aliphatic carbocycles. The molecule has 9 heteroatoms. The lowest BCUT2D eigenvalue weighted by Crippen LogP contribution is -2.46. The third-order valence-corrected chi connectivity index (χ3v) is 11.1. The Bertz CT molecular complexity index is 938. The average Bonchev–Trinajstić information content (AvgIpc) is 3.12. The Morgan fingerprint density at radius 1 is 0.630 bits per heavy atom. The molecule has 0 fully saturated rings. The molecule has 0 saturated carbocycles. The molecule has 0 rings (SSSR count). The number of nitrogens with one attached hydrogen (secondary N) is 1. The van der Waals surface area contributed by atoms with E-state index in [1.807, 2.05) is 21.1 Å². The van der Waals surface area contributed by atoms with Crippen LogP contribution in [0.1, 0.15) is 206 Å². The minimum atomic E-state index is -4.56. The molecule has 0 aromatic carbocycles. The summed E-state index contributed by atoms with van der Waals surface area (Å²) in [4.78, 5) is 25.2. The van der Waals surface area contributed by atoms with Gasteiger partial charge in [-0.1, -0.05) is 160 Å². The fraction of sp³-hybridized carbons (Fsp3) is 0.889. The Morgan fingerprint density at radius 3 is 1.48 bits per heavy atom. The van der Waals surface area contributed by atoms with Crippen LogP contribution in [0.2, 0.25) is 0 Å². The van der Waals surface area contributed by atoms with Gasteiger partial charge >= 0.3 is 0 Å². The van der Waals surface area contributed by atoms with Gasteiger partial charge in [0.1, 0.15) is 13.2 Å². The molecule has 0 radical (unpaired) electrons. The maximum Gasteiger partial charge on any atom is 0.268 e. The fourth-order valence-electron chi connectivity index (χ4n) is 6.50. The molecule has 3 atom stereocenters. The van der Waals surface area contributed by atoms with E-state index in [4.69, 9.17) is 9.05 Å². The van der Waals surface area contributed by atoms with Gasteiger partial charge in [0.2, 0.25) is 5.91 Å². The lowest BCUT2D eigenvalue weighted by atomic mass is 10.0. The Hall–Kier alpha value is -1.02. The van der Waals surface area contributed by atoms with E-state index in [1.165, 1.54) is 135 Å². The van der Waals surface area contributed by atoms with Crippen LogP contribution in [0.4, 0.5) is 0 Å². The summed E-state index contributed by atoms with van der Waals surface area (Å²) in [6.45, 7) is 4.65. The monoisotopic (exact) mass is 785 g/mol. The van der Waals surface area contributed by atoms with Gasteiger partial charge in [-0.05, 0) is 64.2 Å². The third kappa shape index (κ3) is 39.2. The number of unbranched alkanes of at least 4 members (excludes halogenated alkanes) is 24. The number of carbonyl (C=O) groups is 1. The summed E-state index contributed by atoms with van der Waals surface area (Å²) in [6.07, 6.45) is 43.5. The van der Waals surface area contributed by atoms with Gasteiger partial charge in [0.15, 0.2) is 0 Å². The lowest BCUT2D eigenvalue weighted by Gasteiger charge is -2.30. The van der Waals surface area contributed by atoms with Crippen LogP contribution in [0, 0.1) is 0 Å². The number of carbonyl (C=O) groups excluding carboxylic acids is 1. The summed E-state index contributed by atoms with van der Waals surface area (Å²) in [7, 11) is 1.29. The van der Waals surface area contributed by atoms with E-state index in [-0.39, 0.29) is 19.1 Å². The predicted molar refractivity (Wildman–Crippen MR) is 228 cm³/mol. The van der Waals surface area contributed by atoms with Crippen molar-refractivity contribution in [3.63, 3.8) is 0 Å². The number of hydrogen-bond donors (Lipinski definition) is 2. The van der Waals surface area contributed by atoms with Gasteiger partial charge in [-0.15, -0.1) is 0 Å². The first kappa shape index (κ1) is 53.0. The average molecular weight is 785 g/mol. The van der Waals surface area contributed by atoms with Crippen LogP contribution < -0.4 is 10.2 Å². The maximum atomic E-state index is 12.8. The zero-order chi connectivity index (χ0) is 40.0. The highest BCUT2D eigenvalue weighted by Crippen LogP contribution is 2.38. The minimum absolute atomic E-state index is 0.00761. The van der Waals surface area contributed by atoms with Crippen molar-refractivity contribution in [3.8, 4) is 0 Å². The van der Waals surface area contributed by atoms with E-state index in [2.05, 4.69) is 43.5 Å². The Balaban J connectivity index is 4.16. The molecule has 1 unspecified atom stereocenters. The molecule has 0 aliphatic rings. The van der Waals surface area contributed by atoms with Crippen molar-refractivity contribution in [2.75, 3.05) is 40.9 Å². The number of aliphatic hydroxyl groups is 1. The summed E-state index contributed by atoms with van der Waals surface area (Å²) in [5, 5.41) is 13.8. The molecule has 0 aromatic heterocycles. The summed E-state index contributed by atoms with van der Waals surface area (Å²) < 4.78 is 23.2. The molecule has 0 bridgehead atoms. The second kappa shape index (κ2) is 37.6. The highest BCUT2D eigenvalue weighted by Gasteiger charge is 2.24. The SMILES string of the molecule is CCCCC/C=C/CCCC[C@@H](O)[C@H](COP(=O)([O-])OCC[N+](C)(C)C)NC(=O)CCCCCCCCCCCCCCC/C=C/CCCCCCCC. The second-order valence-corrected chi connectivity index (χ2v) is 18.2.